The standard InChI is InChI=1S/C12H15N3O6/c13-9(16)15-11(18)21-7-12(19,6-20-10(14)17)8-4-2-1-3-5-8/h1-5,19H,6-7H2,(H2,14,17)(H3,13,15,16,18). The van der Waals surface area contributed by atoms with Gasteiger partial charge in [0.2, 0.25) is 0 Å². The van der Waals surface area contributed by atoms with E-state index in [4.69, 9.17) is 11.5 Å². The molecule has 4 amide bonds. The topological polar surface area (TPSA) is 154 Å². The second-order valence-electron chi connectivity index (χ2n) is 4.07. The number of hydrogen-bond acceptors (Lipinski definition) is 6. The summed E-state index contributed by atoms with van der Waals surface area (Å²) in [5.41, 5.74) is 8.11. The lowest BCUT2D eigenvalue weighted by Crippen LogP contribution is -2.42. The number of amides is 4. The molecule has 21 heavy (non-hydrogen) atoms. The van der Waals surface area contributed by atoms with Crippen molar-refractivity contribution < 1.29 is 29.0 Å². The number of nitrogens with one attached hydrogen (secondary N) is 1. The molecule has 9 nitrogen and oxygen atoms in total. The first-order chi connectivity index (χ1) is 9.83. The molecule has 1 rings (SSSR count). The van der Waals surface area contributed by atoms with E-state index in [0.29, 0.717) is 5.56 Å². The van der Waals surface area contributed by atoms with Gasteiger partial charge in [0.05, 0.1) is 0 Å². The van der Waals surface area contributed by atoms with E-state index in [-0.39, 0.29) is 0 Å². The van der Waals surface area contributed by atoms with Crippen molar-refractivity contribution >= 4 is 18.2 Å². The molecule has 1 aromatic carbocycles. The molecular formula is C12H15N3O6. The highest BCUT2D eigenvalue weighted by atomic mass is 16.6. The van der Waals surface area contributed by atoms with Crippen LogP contribution in [0.25, 0.3) is 0 Å². The minimum absolute atomic E-state index is 0.332. The molecule has 0 bridgehead atoms. The van der Waals surface area contributed by atoms with Crippen LogP contribution < -0.4 is 16.8 Å². The number of urea groups is 1. The number of hydrogen-bond donors (Lipinski definition) is 4. The lowest BCUT2D eigenvalue weighted by atomic mass is 9.96. The summed E-state index contributed by atoms with van der Waals surface area (Å²) in [6.45, 7) is -1.11. The normalized spacial score (nSPS) is 12.8. The Kier molecular flexibility index (Phi) is 5.49. The van der Waals surface area contributed by atoms with Crippen LogP contribution in [0.4, 0.5) is 14.4 Å². The summed E-state index contributed by atoms with van der Waals surface area (Å²) in [7, 11) is 0. The van der Waals surface area contributed by atoms with Gasteiger partial charge in [-0.05, 0) is 5.56 Å². The number of benzene rings is 1. The van der Waals surface area contributed by atoms with Crippen molar-refractivity contribution in [1.29, 1.82) is 0 Å². The monoisotopic (exact) mass is 297 g/mol. The molecule has 6 N–H and O–H groups in total. The first kappa shape index (κ1) is 16.2. The van der Waals surface area contributed by atoms with Crippen molar-refractivity contribution in [2.24, 2.45) is 11.5 Å². The molecule has 0 heterocycles. The largest absolute Gasteiger partial charge is 0.446 e. The molecule has 0 aliphatic heterocycles. The summed E-state index contributed by atoms with van der Waals surface area (Å²) in [4.78, 5) is 32.3. The van der Waals surface area contributed by atoms with Gasteiger partial charge in [-0.2, -0.15) is 0 Å². The predicted octanol–water partition coefficient (Wildman–Crippen LogP) is -0.226. The number of nitrogens with two attached hydrogens (primary N) is 2. The Morgan fingerprint density at radius 2 is 1.67 bits per heavy atom. The Morgan fingerprint density at radius 1 is 1.10 bits per heavy atom. The highest BCUT2D eigenvalue weighted by Gasteiger charge is 2.33. The first-order valence-corrected chi connectivity index (χ1v) is 5.77. The molecule has 0 aromatic heterocycles. The summed E-state index contributed by atoms with van der Waals surface area (Å²) in [5.74, 6) is 0. The minimum atomic E-state index is -1.81. The van der Waals surface area contributed by atoms with Crippen LogP contribution in [-0.2, 0) is 15.1 Å². The van der Waals surface area contributed by atoms with Crippen molar-refractivity contribution in [3.05, 3.63) is 35.9 Å². The van der Waals surface area contributed by atoms with Crippen molar-refractivity contribution in [3.8, 4) is 0 Å². The molecule has 0 saturated heterocycles. The second kappa shape index (κ2) is 7.10. The molecule has 0 radical (unpaired) electrons. The van der Waals surface area contributed by atoms with Crippen LogP contribution in [0.15, 0.2) is 30.3 Å². The average molecular weight is 297 g/mol. The smallest absolute Gasteiger partial charge is 0.415 e. The number of ether oxygens (including phenoxy) is 2. The van der Waals surface area contributed by atoms with Crippen LogP contribution in [-0.4, -0.2) is 36.5 Å². The third kappa shape index (κ3) is 5.37. The van der Waals surface area contributed by atoms with Crippen molar-refractivity contribution in [1.82, 2.24) is 5.32 Å². The number of alkyl carbamates (subject to hydrolysis) is 1. The van der Waals surface area contributed by atoms with E-state index < -0.39 is 37.0 Å². The van der Waals surface area contributed by atoms with E-state index >= 15 is 0 Å². The maximum absolute atomic E-state index is 11.2. The van der Waals surface area contributed by atoms with Gasteiger partial charge in [-0.25, -0.2) is 19.7 Å². The number of carbonyl (C=O) groups is 3. The maximum Gasteiger partial charge on any atom is 0.415 e. The Labute approximate surface area is 119 Å². The summed E-state index contributed by atoms with van der Waals surface area (Å²) in [6.07, 6.45) is -2.23. The number of imide groups is 1. The molecule has 0 saturated carbocycles. The van der Waals surface area contributed by atoms with Gasteiger partial charge in [0.25, 0.3) is 0 Å². The number of rotatable bonds is 5. The van der Waals surface area contributed by atoms with E-state index in [1.165, 1.54) is 0 Å². The minimum Gasteiger partial charge on any atom is -0.446 e. The van der Waals surface area contributed by atoms with Gasteiger partial charge < -0.3 is 26.0 Å². The number of aliphatic hydroxyl groups is 1. The molecule has 0 fully saturated rings. The Hall–Kier alpha value is -2.81. The summed E-state index contributed by atoms with van der Waals surface area (Å²) >= 11 is 0. The van der Waals surface area contributed by atoms with Gasteiger partial charge in [-0.3, -0.25) is 0 Å². The van der Waals surface area contributed by atoms with Gasteiger partial charge in [0.1, 0.15) is 13.2 Å². The SMILES string of the molecule is NC(=O)NC(=O)OCC(O)(COC(N)=O)c1ccccc1. The lowest BCUT2D eigenvalue weighted by Gasteiger charge is -2.27. The first-order valence-electron chi connectivity index (χ1n) is 5.77. The van der Waals surface area contributed by atoms with Crippen LogP contribution in [0.5, 0.6) is 0 Å². The second-order valence-corrected chi connectivity index (χ2v) is 4.07. The van der Waals surface area contributed by atoms with E-state index in [9.17, 15) is 19.5 Å². The van der Waals surface area contributed by atoms with Crippen LogP contribution in [0.2, 0.25) is 0 Å². The molecule has 1 unspecified atom stereocenters. The zero-order chi connectivity index (χ0) is 15.9. The molecule has 0 aliphatic carbocycles. The van der Waals surface area contributed by atoms with Crippen LogP contribution in [0.3, 0.4) is 0 Å². The van der Waals surface area contributed by atoms with Gasteiger partial charge in [0, 0.05) is 0 Å². The van der Waals surface area contributed by atoms with Crippen LogP contribution in [0.1, 0.15) is 5.56 Å². The van der Waals surface area contributed by atoms with Crippen molar-refractivity contribution in [2.75, 3.05) is 13.2 Å². The van der Waals surface area contributed by atoms with E-state index in [1.54, 1.807) is 35.6 Å². The van der Waals surface area contributed by atoms with Gasteiger partial charge >= 0.3 is 18.2 Å². The third-order valence-corrected chi connectivity index (χ3v) is 2.43. The lowest BCUT2D eigenvalue weighted by molar-refractivity contribution is -0.0653. The Bertz CT molecular complexity index is 521. The maximum atomic E-state index is 11.2. The molecule has 1 aromatic rings. The third-order valence-electron chi connectivity index (χ3n) is 2.43. The fourth-order valence-electron chi connectivity index (χ4n) is 1.47. The average Bonchev–Trinajstić information content (AvgIpc) is 2.43. The van der Waals surface area contributed by atoms with Gasteiger partial charge in [0.15, 0.2) is 5.60 Å². The quantitative estimate of drug-likeness (QED) is 0.588. The van der Waals surface area contributed by atoms with Gasteiger partial charge in [-0.1, -0.05) is 30.3 Å². The fourth-order valence-corrected chi connectivity index (χ4v) is 1.47. The van der Waals surface area contributed by atoms with Crippen LogP contribution >= 0.6 is 0 Å². The molecule has 0 aliphatic rings. The molecule has 1 atom stereocenters. The summed E-state index contributed by atoms with van der Waals surface area (Å²) in [5, 5.41) is 12.1. The van der Waals surface area contributed by atoms with Gasteiger partial charge in [-0.15, -0.1) is 0 Å². The predicted molar refractivity (Wildman–Crippen MR) is 69.9 cm³/mol. The zero-order valence-corrected chi connectivity index (χ0v) is 10.9. The molecule has 0 spiro atoms. The molecule has 9 heteroatoms. The number of primary amides is 2. The summed E-state index contributed by atoms with van der Waals surface area (Å²) in [6, 6.07) is 6.96. The van der Waals surface area contributed by atoms with E-state index in [0.717, 1.165) is 0 Å². The molecular weight excluding hydrogens is 282 g/mol. The molecule has 114 valence electrons. The van der Waals surface area contributed by atoms with Crippen LogP contribution in [0, 0.1) is 0 Å². The Morgan fingerprint density at radius 3 is 2.19 bits per heavy atom. The van der Waals surface area contributed by atoms with E-state index in [2.05, 4.69) is 9.47 Å². The summed E-state index contributed by atoms with van der Waals surface area (Å²) < 4.78 is 9.23. The van der Waals surface area contributed by atoms with Crippen molar-refractivity contribution in [3.63, 3.8) is 0 Å². The van der Waals surface area contributed by atoms with Crippen molar-refractivity contribution in [2.45, 2.75) is 5.60 Å². The fraction of sp³-hybridized carbons (Fsp3) is 0.250. The number of carbonyl (C=O) groups excluding carboxylic acids is 3. The zero-order valence-electron chi connectivity index (χ0n) is 10.9. The van der Waals surface area contributed by atoms with E-state index in [1.807, 2.05) is 0 Å². The highest BCUT2D eigenvalue weighted by molar-refractivity contribution is 5.89. The Balaban J connectivity index is 2.79. The highest BCUT2D eigenvalue weighted by Crippen LogP contribution is 2.22.